The van der Waals surface area contributed by atoms with E-state index in [-0.39, 0.29) is 6.10 Å². The van der Waals surface area contributed by atoms with Crippen molar-refractivity contribution >= 4 is 0 Å². The molecule has 0 saturated carbocycles. The molecule has 1 N–H and O–H groups in total. The van der Waals surface area contributed by atoms with E-state index in [9.17, 15) is 5.11 Å². The van der Waals surface area contributed by atoms with Gasteiger partial charge in [-0.2, -0.15) is 5.10 Å². The first-order valence-corrected chi connectivity index (χ1v) is 5.94. The monoisotopic (exact) mass is 210 g/mol. The highest BCUT2D eigenvalue weighted by atomic mass is 16.3. The number of rotatable bonds is 6. The van der Waals surface area contributed by atoms with Crippen molar-refractivity contribution in [3.05, 3.63) is 17.5 Å². The summed E-state index contributed by atoms with van der Waals surface area (Å²) in [5.41, 5.74) is 2.28. The van der Waals surface area contributed by atoms with Crippen LogP contribution in [-0.4, -0.2) is 21.0 Å². The Morgan fingerprint density at radius 3 is 2.67 bits per heavy atom. The van der Waals surface area contributed by atoms with E-state index in [0.717, 1.165) is 43.6 Å². The Labute approximate surface area is 92.1 Å². The van der Waals surface area contributed by atoms with E-state index in [4.69, 9.17) is 0 Å². The summed E-state index contributed by atoms with van der Waals surface area (Å²) in [4.78, 5) is 0. The van der Waals surface area contributed by atoms with Crippen molar-refractivity contribution in [1.29, 1.82) is 0 Å². The molecule has 86 valence electrons. The number of nitrogens with zero attached hydrogens (tertiary/aromatic N) is 2. The molecule has 0 aliphatic heterocycles. The zero-order valence-corrected chi connectivity index (χ0v) is 10.0. The lowest BCUT2D eigenvalue weighted by molar-refractivity contribution is 0.161. The number of aryl methyl sites for hydroxylation is 2. The van der Waals surface area contributed by atoms with Gasteiger partial charge in [-0.05, 0) is 25.8 Å². The highest BCUT2D eigenvalue weighted by molar-refractivity contribution is 5.11. The molecule has 0 aromatic carbocycles. The van der Waals surface area contributed by atoms with E-state index < -0.39 is 0 Å². The summed E-state index contributed by atoms with van der Waals surface area (Å²) >= 11 is 0. The maximum Gasteiger partial charge on any atom is 0.0624 e. The zero-order chi connectivity index (χ0) is 11.3. The Morgan fingerprint density at radius 2 is 2.13 bits per heavy atom. The minimum atomic E-state index is -0.221. The summed E-state index contributed by atoms with van der Waals surface area (Å²) in [5, 5.41) is 14.2. The minimum absolute atomic E-state index is 0.221. The largest absolute Gasteiger partial charge is 0.393 e. The predicted octanol–water partition coefficient (Wildman–Crippen LogP) is 2.17. The predicted molar refractivity (Wildman–Crippen MR) is 61.9 cm³/mol. The van der Waals surface area contributed by atoms with Gasteiger partial charge in [0.1, 0.15) is 0 Å². The first-order chi connectivity index (χ1) is 7.21. The molecule has 0 amide bonds. The van der Waals surface area contributed by atoms with Gasteiger partial charge in [-0.25, -0.2) is 0 Å². The van der Waals surface area contributed by atoms with E-state index in [1.807, 2.05) is 4.68 Å². The molecule has 0 aliphatic carbocycles. The summed E-state index contributed by atoms with van der Waals surface area (Å²) in [7, 11) is 0. The van der Waals surface area contributed by atoms with Gasteiger partial charge in [0.2, 0.25) is 0 Å². The van der Waals surface area contributed by atoms with Crippen LogP contribution in [-0.2, 0) is 19.4 Å². The third-order valence-electron chi connectivity index (χ3n) is 2.64. The lowest BCUT2D eigenvalue weighted by Gasteiger charge is -2.09. The molecule has 1 atom stereocenters. The molecule has 0 fully saturated rings. The standard InChI is InChI=1S/C12H22N2O/c1-4-7-12(15)9-11-8-10(5-2)13-14(11)6-3/h8,12,15H,4-7,9H2,1-3H3. The number of aliphatic hydroxyl groups excluding tert-OH is 1. The van der Waals surface area contributed by atoms with Gasteiger partial charge < -0.3 is 5.11 Å². The highest BCUT2D eigenvalue weighted by Gasteiger charge is 2.10. The van der Waals surface area contributed by atoms with Crippen molar-refractivity contribution in [2.45, 2.75) is 59.1 Å². The van der Waals surface area contributed by atoms with E-state index >= 15 is 0 Å². The van der Waals surface area contributed by atoms with Gasteiger partial charge in [-0.3, -0.25) is 4.68 Å². The second-order valence-corrected chi connectivity index (χ2v) is 3.94. The Balaban J connectivity index is 2.69. The smallest absolute Gasteiger partial charge is 0.0624 e. The molecule has 0 spiro atoms. The van der Waals surface area contributed by atoms with Crippen LogP contribution in [0.4, 0.5) is 0 Å². The molecule has 3 heteroatoms. The van der Waals surface area contributed by atoms with Crippen LogP contribution in [0.25, 0.3) is 0 Å². The molecule has 0 aliphatic rings. The van der Waals surface area contributed by atoms with Crippen molar-refractivity contribution in [1.82, 2.24) is 9.78 Å². The van der Waals surface area contributed by atoms with Gasteiger partial charge >= 0.3 is 0 Å². The van der Waals surface area contributed by atoms with Crippen LogP contribution in [0.5, 0.6) is 0 Å². The number of hydrogen-bond donors (Lipinski definition) is 1. The SMILES string of the molecule is CCCC(O)Cc1cc(CC)nn1CC. The van der Waals surface area contributed by atoms with Crippen LogP contribution in [0, 0.1) is 0 Å². The summed E-state index contributed by atoms with van der Waals surface area (Å²) in [6.45, 7) is 7.17. The maximum absolute atomic E-state index is 9.76. The third-order valence-corrected chi connectivity index (χ3v) is 2.64. The van der Waals surface area contributed by atoms with Gasteiger partial charge in [0.15, 0.2) is 0 Å². The average Bonchev–Trinajstić information content (AvgIpc) is 2.60. The number of hydrogen-bond acceptors (Lipinski definition) is 2. The van der Waals surface area contributed by atoms with Crippen LogP contribution in [0.15, 0.2) is 6.07 Å². The molecular weight excluding hydrogens is 188 g/mol. The summed E-state index contributed by atoms with van der Waals surface area (Å²) in [6.07, 6.45) is 3.37. The normalized spacial score (nSPS) is 13.1. The number of aromatic nitrogens is 2. The second kappa shape index (κ2) is 5.91. The zero-order valence-electron chi connectivity index (χ0n) is 10.0. The van der Waals surface area contributed by atoms with E-state index in [1.54, 1.807) is 0 Å². The van der Waals surface area contributed by atoms with Crippen LogP contribution in [0.1, 0.15) is 45.0 Å². The van der Waals surface area contributed by atoms with Crippen molar-refractivity contribution in [2.75, 3.05) is 0 Å². The Hall–Kier alpha value is -0.830. The van der Waals surface area contributed by atoms with Crippen molar-refractivity contribution in [2.24, 2.45) is 0 Å². The third kappa shape index (κ3) is 3.34. The fourth-order valence-corrected chi connectivity index (χ4v) is 1.80. The van der Waals surface area contributed by atoms with Crippen molar-refractivity contribution in [3.8, 4) is 0 Å². The maximum atomic E-state index is 9.76. The summed E-state index contributed by atoms with van der Waals surface area (Å²) < 4.78 is 2.00. The van der Waals surface area contributed by atoms with E-state index in [0.29, 0.717) is 0 Å². The van der Waals surface area contributed by atoms with E-state index in [2.05, 4.69) is 31.9 Å². The van der Waals surface area contributed by atoms with Gasteiger partial charge in [0.25, 0.3) is 0 Å². The average molecular weight is 210 g/mol. The van der Waals surface area contributed by atoms with Gasteiger partial charge in [-0.1, -0.05) is 20.3 Å². The second-order valence-electron chi connectivity index (χ2n) is 3.94. The molecule has 1 aromatic heterocycles. The molecule has 1 heterocycles. The van der Waals surface area contributed by atoms with Gasteiger partial charge in [0.05, 0.1) is 11.8 Å². The number of aliphatic hydroxyl groups is 1. The van der Waals surface area contributed by atoms with Crippen LogP contribution >= 0.6 is 0 Å². The quantitative estimate of drug-likeness (QED) is 0.781. The van der Waals surface area contributed by atoms with Crippen LogP contribution in [0.2, 0.25) is 0 Å². The van der Waals surface area contributed by atoms with Crippen LogP contribution < -0.4 is 0 Å². The Morgan fingerprint density at radius 1 is 1.40 bits per heavy atom. The summed E-state index contributed by atoms with van der Waals surface area (Å²) in [5.74, 6) is 0. The molecule has 3 nitrogen and oxygen atoms in total. The fraction of sp³-hybridized carbons (Fsp3) is 0.750. The molecule has 1 rings (SSSR count). The molecule has 1 unspecified atom stereocenters. The highest BCUT2D eigenvalue weighted by Crippen LogP contribution is 2.10. The Kier molecular flexibility index (Phi) is 4.82. The molecule has 0 saturated heterocycles. The van der Waals surface area contributed by atoms with Crippen molar-refractivity contribution in [3.63, 3.8) is 0 Å². The topological polar surface area (TPSA) is 38.1 Å². The lowest BCUT2D eigenvalue weighted by atomic mass is 10.1. The molecule has 0 bridgehead atoms. The first-order valence-electron chi connectivity index (χ1n) is 5.94. The Bertz CT molecular complexity index is 294. The van der Waals surface area contributed by atoms with E-state index in [1.165, 1.54) is 0 Å². The van der Waals surface area contributed by atoms with Crippen LogP contribution in [0.3, 0.4) is 0 Å². The van der Waals surface area contributed by atoms with Gasteiger partial charge in [-0.15, -0.1) is 0 Å². The minimum Gasteiger partial charge on any atom is -0.393 e. The lowest BCUT2D eigenvalue weighted by Crippen LogP contribution is -2.13. The molecule has 15 heavy (non-hydrogen) atoms. The molecule has 0 radical (unpaired) electrons. The summed E-state index contributed by atoms with van der Waals surface area (Å²) in [6, 6.07) is 2.11. The first kappa shape index (κ1) is 12.2. The van der Waals surface area contributed by atoms with Gasteiger partial charge in [0, 0.05) is 18.7 Å². The molecular formula is C12H22N2O. The molecule has 1 aromatic rings. The fourth-order valence-electron chi connectivity index (χ4n) is 1.80. The van der Waals surface area contributed by atoms with Crippen molar-refractivity contribution < 1.29 is 5.11 Å².